The predicted octanol–water partition coefficient (Wildman–Crippen LogP) is 0.786. The number of hydrogen-bond donors (Lipinski definition) is 1. The Morgan fingerprint density at radius 1 is 1.57 bits per heavy atom. The van der Waals surface area contributed by atoms with Gasteiger partial charge >= 0.3 is 0 Å². The van der Waals surface area contributed by atoms with Gasteiger partial charge in [-0.15, -0.1) is 0 Å². The number of rotatable bonds is 2. The summed E-state index contributed by atoms with van der Waals surface area (Å²) in [6.45, 7) is 5.57. The van der Waals surface area contributed by atoms with Crippen molar-refractivity contribution in [2.24, 2.45) is 9.98 Å². The van der Waals surface area contributed by atoms with Crippen LogP contribution in [0.2, 0.25) is 0 Å². The van der Waals surface area contributed by atoms with Crippen LogP contribution in [0.3, 0.4) is 0 Å². The molecule has 0 radical (unpaired) electrons. The first kappa shape index (κ1) is 8.93. The van der Waals surface area contributed by atoms with E-state index in [9.17, 15) is 0 Å². The Hall–Kier alpha value is -1.65. The number of hydrogen-bond acceptors (Lipinski definition) is 4. The van der Waals surface area contributed by atoms with E-state index in [1.165, 1.54) is 0 Å². The Morgan fingerprint density at radius 2 is 2.43 bits per heavy atom. The summed E-state index contributed by atoms with van der Waals surface area (Å²) in [7, 11) is 0. The van der Waals surface area contributed by atoms with Crippen LogP contribution in [0.1, 0.15) is 18.4 Å². The standard InChI is InChI=1S/C9H13N5/c1-3-14-6-10-5-12-9(14)8-11-4-7(2)13-8/h4-5H,3,6H2,1-2H3,(H,11,13). The van der Waals surface area contributed by atoms with E-state index in [1.807, 2.05) is 13.1 Å². The number of aryl methyl sites for hydroxylation is 1. The molecule has 0 aliphatic carbocycles. The molecule has 0 fully saturated rings. The number of nitrogens with one attached hydrogen (secondary N) is 1. The van der Waals surface area contributed by atoms with Crippen molar-refractivity contribution in [1.29, 1.82) is 0 Å². The maximum absolute atomic E-state index is 4.34. The molecule has 2 rings (SSSR count). The second-order valence-corrected chi connectivity index (χ2v) is 3.14. The van der Waals surface area contributed by atoms with Gasteiger partial charge in [0.2, 0.25) is 0 Å². The minimum absolute atomic E-state index is 0.662. The van der Waals surface area contributed by atoms with Crippen molar-refractivity contribution in [1.82, 2.24) is 14.9 Å². The molecule has 0 bridgehead atoms. The molecule has 0 saturated heterocycles. The lowest BCUT2D eigenvalue weighted by atomic mass is 10.4. The number of aromatic amines is 1. The van der Waals surface area contributed by atoms with Crippen LogP contribution in [0.25, 0.3) is 0 Å². The van der Waals surface area contributed by atoms with Gasteiger partial charge in [-0.1, -0.05) is 0 Å². The summed E-state index contributed by atoms with van der Waals surface area (Å²) >= 11 is 0. The molecule has 5 nitrogen and oxygen atoms in total. The maximum atomic E-state index is 4.34. The van der Waals surface area contributed by atoms with Gasteiger partial charge in [0.1, 0.15) is 13.0 Å². The van der Waals surface area contributed by atoms with E-state index < -0.39 is 0 Å². The third kappa shape index (κ3) is 1.53. The van der Waals surface area contributed by atoms with Gasteiger partial charge in [-0.3, -0.25) is 4.99 Å². The van der Waals surface area contributed by atoms with E-state index in [-0.39, 0.29) is 0 Å². The fourth-order valence-electron chi connectivity index (χ4n) is 1.37. The zero-order valence-corrected chi connectivity index (χ0v) is 8.36. The third-order valence-corrected chi connectivity index (χ3v) is 2.11. The van der Waals surface area contributed by atoms with E-state index in [4.69, 9.17) is 0 Å². The maximum Gasteiger partial charge on any atom is 0.175 e. The van der Waals surface area contributed by atoms with Crippen molar-refractivity contribution in [2.75, 3.05) is 13.2 Å². The summed E-state index contributed by atoms with van der Waals surface area (Å²) in [5.74, 6) is 1.69. The quantitative estimate of drug-likeness (QED) is 0.751. The first-order chi connectivity index (χ1) is 6.81. The molecule has 0 spiro atoms. The zero-order chi connectivity index (χ0) is 9.97. The summed E-state index contributed by atoms with van der Waals surface area (Å²) < 4.78 is 0. The summed E-state index contributed by atoms with van der Waals surface area (Å²) in [6.07, 6.45) is 3.46. The van der Waals surface area contributed by atoms with Crippen LogP contribution in [-0.2, 0) is 0 Å². The van der Waals surface area contributed by atoms with Gasteiger partial charge in [-0.25, -0.2) is 9.98 Å². The van der Waals surface area contributed by atoms with Crippen molar-refractivity contribution in [3.63, 3.8) is 0 Å². The molecule has 0 amide bonds. The molecule has 0 saturated carbocycles. The van der Waals surface area contributed by atoms with Crippen LogP contribution in [0.4, 0.5) is 0 Å². The van der Waals surface area contributed by atoms with E-state index in [0.29, 0.717) is 6.67 Å². The Balaban J connectivity index is 2.31. The van der Waals surface area contributed by atoms with Crippen molar-refractivity contribution in [2.45, 2.75) is 13.8 Å². The van der Waals surface area contributed by atoms with E-state index in [0.717, 1.165) is 23.9 Å². The fraction of sp³-hybridized carbons (Fsp3) is 0.444. The summed E-state index contributed by atoms with van der Waals surface area (Å²) in [6, 6.07) is 0. The average Bonchev–Trinajstić information content (AvgIpc) is 2.65. The van der Waals surface area contributed by atoms with E-state index in [1.54, 1.807) is 6.34 Å². The Bertz CT molecular complexity index is 376. The van der Waals surface area contributed by atoms with Crippen LogP contribution < -0.4 is 0 Å². The fourth-order valence-corrected chi connectivity index (χ4v) is 1.37. The molecule has 0 unspecified atom stereocenters. The highest BCUT2D eigenvalue weighted by molar-refractivity contribution is 6.00. The summed E-state index contributed by atoms with van der Waals surface area (Å²) in [4.78, 5) is 17.8. The van der Waals surface area contributed by atoms with Crippen LogP contribution in [0.5, 0.6) is 0 Å². The first-order valence-electron chi connectivity index (χ1n) is 4.64. The first-order valence-corrected chi connectivity index (χ1v) is 4.64. The van der Waals surface area contributed by atoms with Gasteiger partial charge in [-0.05, 0) is 13.8 Å². The van der Waals surface area contributed by atoms with Crippen LogP contribution in [0.15, 0.2) is 16.2 Å². The molecule has 0 atom stereocenters. The molecule has 2 heterocycles. The van der Waals surface area contributed by atoms with Crippen LogP contribution >= 0.6 is 0 Å². The van der Waals surface area contributed by atoms with Gasteiger partial charge in [0, 0.05) is 12.7 Å². The van der Waals surface area contributed by atoms with Crippen molar-refractivity contribution >= 4 is 12.2 Å². The molecule has 1 aliphatic heterocycles. The third-order valence-electron chi connectivity index (χ3n) is 2.11. The van der Waals surface area contributed by atoms with Crippen molar-refractivity contribution in [3.8, 4) is 0 Å². The van der Waals surface area contributed by atoms with Crippen molar-refractivity contribution < 1.29 is 0 Å². The molecule has 1 N–H and O–H groups in total. The van der Waals surface area contributed by atoms with Gasteiger partial charge in [0.05, 0.1) is 5.69 Å². The second-order valence-electron chi connectivity index (χ2n) is 3.14. The smallest absolute Gasteiger partial charge is 0.175 e. The highest BCUT2D eigenvalue weighted by Gasteiger charge is 2.15. The van der Waals surface area contributed by atoms with Gasteiger partial charge in [0.15, 0.2) is 11.7 Å². The Labute approximate surface area is 82.6 Å². The molecule has 1 aromatic heterocycles. The number of nitrogens with zero attached hydrogens (tertiary/aromatic N) is 4. The second kappa shape index (κ2) is 3.61. The Morgan fingerprint density at radius 3 is 3.07 bits per heavy atom. The van der Waals surface area contributed by atoms with Crippen molar-refractivity contribution in [3.05, 3.63) is 17.7 Å². The summed E-state index contributed by atoms with van der Waals surface area (Å²) in [5, 5.41) is 0. The number of aliphatic imine (C=N–C) groups is 2. The molecule has 14 heavy (non-hydrogen) atoms. The number of imidazole rings is 1. The molecular weight excluding hydrogens is 178 g/mol. The summed E-state index contributed by atoms with van der Waals surface area (Å²) in [5.41, 5.74) is 0.973. The lowest BCUT2D eigenvalue weighted by Crippen LogP contribution is -2.34. The molecule has 5 heteroatoms. The minimum atomic E-state index is 0.662. The molecule has 74 valence electrons. The largest absolute Gasteiger partial charge is 0.342 e. The topological polar surface area (TPSA) is 56.6 Å². The van der Waals surface area contributed by atoms with E-state index >= 15 is 0 Å². The minimum Gasteiger partial charge on any atom is -0.342 e. The van der Waals surface area contributed by atoms with Gasteiger partial charge in [-0.2, -0.15) is 0 Å². The monoisotopic (exact) mass is 191 g/mol. The predicted molar refractivity (Wildman–Crippen MR) is 55.6 cm³/mol. The van der Waals surface area contributed by atoms with Crippen LogP contribution in [-0.4, -0.2) is 40.3 Å². The molecule has 1 aliphatic rings. The lowest BCUT2D eigenvalue weighted by Gasteiger charge is -2.22. The Kier molecular flexibility index (Phi) is 2.30. The van der Waals surface area contributed by atoms with Crippen LogP contribution in [0, 0.1) is 6.92 Å². The average molecular weight is 191 g/mol. The lowest BCUT2D eigenvalue weighted by molar-refractivity contribution is 0.451. The van der Waals surface area contributed by atoms with Gasteiger partial charge in [0.25, 0.3) is 0 Å². The van der Waals surface area contributed by atoms with E-state index in [2.05, 4.69) is 31.8 Å². The number of H-pyrrole nitrogens is 1. The van der Waals surface area contributed by atoms with Gasteiger partial charge < -0.3 is 9.88 Å². The molecular formula is C9H13N5. The SMILES string of the molecule is CCN1CN=CN=C1c1nc(C)c[nH]1. The number of amidine groups is 1. The molecule has 0 aromatic carbocycles. The zero-order valence-electron chi connectivity index (χ0n) is 8.36. The normalized spacial score (nSPS) is 15.9. The highest BCUT2D eigenvalue weighted by atomic mass is 15.3. The number of aromatic nitrogens is 2. The molecule has 1 aromatic rings. The highest BCUT2D eigenvalue weighted by Crippen LogP contribution is 2.05.